The van der Waals surface area contributed by atoms with Gasteiger partial charge >= 0.3 is 0 Å². The molecule has 9 heteroatoms. The average Bonchev–Trinajstić information content (AvgIpc) is 2.55. The van der Waals surface area contributed by atoms with E-state index >= 15 is 0 Å². The number of nitrogens with one attached hydrogen (secondary N) is 2. The van der Waals surface area contributed by atoms with E-state index in [2.05, 4.69) is 10.0 Å². The molecule has 7 nitrogen and oxygen atoms in total. The Bertz CT molecular complexity index is 782. The minimum Gasteiger partial charge on any atom is -0.378 e. The number of halogens is 1. The molecule has 2 rings (SSSR count). The van der Waals surface area contributed by atoms with Crippen molar-refractivity contribution in [1.82, 2.24) is 4.72 Å². The molecule has 1 aromatic carbocycles. The van der Waals surface area contributed by atoms with Crippen molar-refractivity contribution in [2.24, 2.45) is 11.1 Å². The largest absolute Gasteiger partial charge is 0.378 e. The summed E-state index contributed by atoms with van der Waals surface area (Å²) in [6.45, 7) is 7.98. The van der Waals surface area contributed by atoms with Crippen LogP contribution in [0.3, 0.4) is 0 Å². The third-order valence-corrected chi connectivity index (χ3v) is 6.80. The van der Waals surface area contributed by atoms with Crippen LogP contribution in [0.2, 0.25) is 0 Å². The van der Waals surface area contributed by atoms with Gasteiger partial charge in [0.05, 0.1) is 11.0 Å². The Morgan fingerprint density at radius 1 is 1.38 bits per heavy atom. The van der Waals surface area contributed by atoms with Gasteiger partial charge in [-0.3, -0.25) is 4.79 Å². The van der Waals surface area contributed by atoms with Crippen LogP contribution in [-0.2, 0) is 19.6 Å². The summed E-state index contributed by atoms with van der Waals surface area (Å²) in [5, 5.41) is 2.75. The number of anilines is 1. The first-order chi connectivity index (χ1) is 11.5. The van der Waals surface area contributed by atoms with Crippen LogP contribution in [0.1, 0.15) is 32.8 Å². The zero-order valence-electron chi connectivity index (χ0n) is 15.8. The van der Waals surface area contributed by atoms with E-state index in [1.54, 1.807) is 19.1 Å². The maximum Gasteiger partial charge on any atom is 0.245 e. The van der Waals surface area contributed by atoms with Crippen molar-refractivity contribution in [3.05, 3.63) is 23.8 Å². The molecule has 26 heavy (non-hydrogen) atoms. The van der Waals surface area contributed by atoms with Gasteiger partial charge in [0.25, 0.3) is 0 Å². The number of benzene rings is 1. The van der Waals surface area contributed by atoms with Crippen molar-refractivity contribution >= 4 is 34.0 Å². The highest BCUT2D eigenvalue weighted by Gasteiger charge is 2.62. The van der Waals surface area contributed by atoms with E-state index in [4.69, 9.17) is 10.5 Å². The van der Waals surface area contributed by atoms with E-state index in [1.165, 1.54) is 13.1 Å². The first-order valence-corrected chi connectivity index (χ1v) is 9.74. The van der Waals surface area contributed by atoms with Gasteiger partial charge in [-0.2, -0.15) is 0 Å². The van der Waals surface area contributed by atoms with Crippen LogP contribution in [0.15, 0.2) is 23.1 Å². The molecule has 1 aromatic rings. The van der Waals surface area contributed by atoms with Gasteiger partial charge in [0.2, 0.25) is 15.9 Å². The second-order valence-electron chi connectivity index (χ2n) is 6.98. The number of aryl methyl sites for hydroxylation is 1. The normalized spacial score (nSPS) is 24.3. The molecular formula is C17H28ClN3O4S. The highest BCUT2D eigenvalue weighted by atomic mass is 35.5. The molecule has 148 valence electrons. The maximum absolute atomic E-state index is 12.7. The molecule has 1 aliphatic carbocycles. The zero-order chi connectivity index (χ0) is 19.0. The van der Waals surface area contributed by atoms with Crippen LogP contribution in [0, 0.1) is 12.3 Å². The van der Waals surface area contributed by atoms with Gasteiger partial charge < -0.3 is 15.8 Å². The molecule has 0 aliphatic heterocycles. The number of carbonyl (C=O) groups is 1. The summed E-state index contributed by atoms with van der Waals surface area (Å²) < 4.78 is 32.1. The second kappa shape index (κ2) is 7.82. The molecule has 1 aliphatic rings. The number of ether oxygens (including phenoxy) is 1. The highest BCUT2D eigenvalue weighted by molar-refractivity contribution is 7.89. The monoisotopic (exact) mass is 405 g/mol. The van der Waals surface area contributed by atoms with Crippen LogP contribution in [0.4, 0.5) is 5.69 Å². The number of rotatable bonds is 6. The van der Waals surface area contributed by atoms with Crippen molar-refractivity contribution in [3.63, 3.8) is 0 Å². The Hall–Kier alpha value is -1.19. The maximum atomic E-state index is 12.7. The van der Waals surface area contributed by atoms with Gasteiger partial charge in [0.1, 0.15) is 5.54 Å². The predicted molar refractivity (Wildman–Crippen MR) is 104 cm³/mol. The van der Waals surface area contributed by atoms with Gasteiger partial charge in [-0.1, -0.05) is 19.9 Å². The lowest BCUT2D eigenvalue weighted by atomic mass is 9.54. The minimum absolute atomic E-state index is 0. The van der Waals surface area contributed by atoms with Crippen molar-refractivity contribution < 1.29 is 17.9 Å². The van der Waals surface area contributed by atoms with Gasteiger partial charge in [-0.15, -0.1) is 12.4 Å². The fourth-order valence-electron chi connectivity index (χ4n) is 3.14. The quantitative estimate of drug-likeness (QED) is 0.668. The Labute approximate surface area is 161 Å². The van der Waals surface area contributed by atoms with E-state index in [9.17, 15) is 13.2 Å². The van der Waals surface area contributed by atoms with Crippen LogP contribution in [0.25, 0.3) is 0 Å². The van der Waals surface area contributed by atoms with E-state index in [1.807, 2.05) is 20.8 Å². The molecule has 4 N–H and O–H groups in total. The predicted octanol–water partition coefficient (Wildman–Crippen LogP) is 1.80. The van der Waals surface area contributed by atoms with Crippen molar-refractivity contribution in [3.8, 4) is 0 Å². The van der Waals surface area contributed by atoms with Crippen molar-refractivity contribution in [1.29, 1.82) is 0 Å². The van der Waals surface area contributed by atoms with Gasteiger partial charge in [0, 0.05) is 24.1 Å². The Balaban J connectivity index is 0.00000338. The lowest BCUT2D eigenvalue weighted by Gasteiger charge is -2.57. The molecule has 0 heterocycles. The summed E-state index contributed by atoms with van der Waals surface area (Å²) >= 11 is 0. The van der Waals surface area contributed by atoms with Gasteiger partial charge in [-0.05, 0) is 38.6 Å². The number of hydrogen-bond acceptors (Lipinski definition) is 5. The minimum atomic E-state index is -3.61. The Morgan fingerprint density at radius 2 is 2.00 bits per heavy atom. The number of sulfonamides is 1. The Morgan fingerprint density at radius 3 is 2.50 bits per heavy atom. The fourth-order valence-corrected chi connectivity index (χ4v) is 4.13. The fraction of sp³-hybridized carbons (Fsp3) is 0.588. The lowest BCUT2D eigenvalue weighted by Crippen LogP contribution is -2.74. The summed E-state index contributed by atoms with van der Waals surface area (Å²) in [4.78, 5) is 12.9. The summed E-state index contributed by atoms with van der Waals surface area (Å²) in [6.07, 6.45) is 0.346. The molecular weight excluding hydrogens is 378 g/mol. The molecule has 0 spiro atoms. The smallest absolute Gasteiger partial charge is 0.245 e. The van der Waals surface area contributed by atoms with Crippen molar-refractivity contribution in [2.75, 3.05) is 19.0 Å². The lowest BCUT2D eigenvalue weighted by molar-refractivity contribution is -0.166. The third kappa shape index (κ3) is 3.75. The molecule has 0 aromatic heterocycles. The highest BCUT2D eigenvalue weighted by Crippen LogP contribution is 2.50. The third-order valence-electron chi connectivity index (χ3n) is 5.24. The Kier molecular flexibility index (Phi) is 6.87. The zero-order valence-corrected chi connectivity index (χ0v) is 17.4. The average molecular weight is 406 g/mol. The first-order valence-electron chi connectivity index (χ1n) is 8.25. The number of nitrogens with two attached hydrogens (primary N) is 1. The van der Waals surface area contributed by atoms with Gasteiger partial charge in [-0.25, -0.2) is 13.1 Å². The summed E-state index contributed by atoms with van der Waals surface area (Å²) in [5.41, 5.74) is 5.75. The number of amides is 1. The van der Waals surface area contributed by atoms with E-state index in [0.29, 0.717) is 24.3 Å². The SMILES string of the molecule is CCOC1CC(N)(C(=O)Nc2ccc(C)c(S(=O)(=O)NC)c2)C1(C)C.Cl. The molecule has 2 atom stereocenters. The van der Waals surface area contributed by atoms with Crippen molar-refractivity contribution in [2.45, 2.75) is 50.7 Å². The second-order valence-corrected chi connectivity index (χ2v) is 8.84. The molecule has 1 saturated carbocycles. The van der Waals surface area contributed by atoms with E-state index in [-0.39, 0.29) is 29.3 Å². The van der Waals surface area contributed by atoms with Gasteiger partial charge in [0.15, 0.2) is 0 Å². The standard InChI is InChI=1S/C17H27N3O4S.ClH/c1-6-24-14-10-17(18,16(14,3)4)15(21)20-12-8-7-11(2)13(9-12)25(22,23)19-5;/h7-9,14,19H,6,10,18H2,1-5H3,(H,20,21);1H. The number of hydrogen-bond donors (Lipinski definition) is 3. The molecule has 0 bridgehead atoms. The summed E-state index contributed by atoms with van der Waals surface area (Å²) in [7, 11) is -2.26. The summed E-state index contributed by atoms with van der Waals surface area (Å²) in [5.74, 6) is -0.342. The number of carbonyl (C=O) groups excluding carboxylic acids is 1. The first kappa shape index (κ1) is 22.9. The molecule has 0 radical (unpaired) electrons. The van der Waals surface area contributed by atoms with Crippen LogP contribution in [-0.4, -0.2) is 39.6 Å². The van der Waals surface area contributed by atoms with E-state index in [0.717, 1.165) is 0 Å². The molecule has 1 fully saturated rings. The van der Waals surface area contributed by atoms with Crippen LogP contribution in [0.5, 0.6) is 0 Å². The summed E-state index contributed by atoms with van der Waals surface area (Å²) in [6, 6.07) is 4.75. The molecule has 2 unspecified atom stereocenters. The molecule has 0 saturated heterocycles. The topological polar surface area (TPSA) is 111 Å². The van der Waals surface area contributed by atoms with Crippen LogP contribution >= 0.6 is 12.4 Å². The van der Waals surface area contributed by atoms with Crippen LogP contribution < -0.4 is 15.8 Å². The molecule has 1 amide bonds. The van der Waals surface area contributed by atoms with E-state index < -0.39 is 21.0 Å².